The minimum absolute atomic E-state index is 0.00640. The van der Waals surface area contributed by atoms with Crippen LogP contribution in [0.15, 0.2) is 73.3 Å². The van der Waals surface area contributed by atoms with E-state index >= 15 is 0 Å². The van der Waals surface area contributed by atoms with E-state index < -0.39 is 16.9 Å². The van der Waals surface area contributed by atoms with Crippen molar-refractivity contribution in [1.29, 1.82) is 0 Å². The molecule has 0 N–H and O–H groups in total. The molecule has 0 radical (unpaired) electrons. The van der Waals surface area contributed by atoms with Gasteiger partial charge in [-0.05, 0) is 56.0 Å². The van der Waals surface area contributed by atoms with Crippen molar-refractivity contribution in [2.45, 2.75) is 26.8 Å². The first-order valence-corrected chi connectivity index (χ1v) is 13.1. The molecule has 9 nitrogen and oxygen atoms in total. The van der Waals surface area contributed by atoms with Gasteiger partial charge in [0, 0.05) is 28.6 Å². The van der Waals surface area contributed by atoms with Crippen LogP contribution in [0.2, 0.25) is 0 Å². The molecular weight excluding hydrogens is 514 g/mol. The van der Waals surface area contributed by atoms with E-state index in [9.17, 15) is 19.7 Å². The Morgan fingerprint density at radius 2 is 2.08 bits per heavy atom. The first-order valence-electron chi connectivity index (χ1n) is 11.4. The van der Waals surface area contributed by atoms with Gasteiger partial charge in [-0.3, -0.25) is 19.5 Å². The number of ether oxygens (including phenoxy) is 1. The van der Waals surface area contributed by atoms with E-state index in [-0.39, 0.29) is 17.9 Å². The summed E-state index contributed by atoms with van der Waals surface area (Å²) in [6.45, 7) is 5.47. The van der Waals surface area contributed by atoms with Crippen LogP contribution in [0.25, 0.3) is 17.4 Å². The SMILES string of the molecule is CCOC(=O)C1=C(C)N=c2s/c(=C/c3ccc(-c4ccc([N+](=O)[O-])cc4C)o3)c(=O)n2[C@H]1c1cccs1. The Morgan fingerprint density at radius 1 is 1.27 bits per heavy atom. The Kier molecular flexibility index (Phi) is 6.48. The van der Waals surface area contributed by atoms with Crippen molar-refractivity contribution in [1.82, 2.24) is 4.57 Å². The predicted octanol–water partition coefficient (Wildman–Crippen LogP) is 4.34. The lowest BCUT2D eigenvalue weighted by Crippen LogP contribution is -2.39. The third kappa shape index (κ3) is 4.47. The average molecular weight is 536 g/mol. The number of thiophene rings is 1. The summed E-state index contributed by atoms with van der Waals surface area (Å²) in [7, 11) is 0. The molecule has 0 bridgehead atoms. The number of non-ortho nitro benzene ring substituents is 1. The van der Waals surface area contributed by atoms with Gasteiger partial charge in [-0.2, -0.15) is 0 Å². The van der Waals surface area contributed by atoms with E-state index in [4.69, 9.17) is 9.15 Å². The van der Waals surface area contributed by atoms with Crippen LogP contribution >= 0.6 is 22.7 Å². The number of furan rings is 1. The fraction of sp³-hybridized carbons (Fsp3) is 0.192. The second kappa shape index (κ2) is 9.75. The van der Waals surface area contributed by atoms with Crippen LogP contribution < -0.4 is 14.9 Å². The normalized spacial score (nSPS) is 15.4. The standard InChI is InChI=1S/C26H21N3O6S2/c1-4-34-25(31)22-15(3)27-26-28(23(22)20-6-5-11-36-20)24(30)21(37-26)13-17-8-10-19(35-17)18-9-7-16(29(32)33)12-14(18)2/h5-13,23H,4H2,1-3H3/b21-13+/t23-/m0/s1. The summed E-state index contributed by atoms with van der Waals surface area (Å²) in [6.07, 6.45) is 1.64. The van der Waals surface area contributed by atoms with Crippen molar-refractivity contribution in [2.24, 2.45) is 4.99 Å². The number of allylic oxidation sites excluding steroid dienone is 1. The zero-order valence-electron chi connectivity index (χ0n) is 20.1. The number of nitro benzene ring substituents is 1. The number of nitro groups is 1. The molecular formula is C26H21N3O6S2. The van der Waals surface area contributed by atoms with Crippen molar-refractivity contribution < 1.29 is 18.9 Å². The Balaban J connectivity index is 1.59. The molecule has 0 amide bonds. The summed E-state index contributed by atoms with van der Waals surface area (Å²) < 4.78 is 13.2. The van der Waals surface area contributed by atoms with Gasteiger partial charge in [-0.15, -0.1) is 11.3 Å². The highest BCUT2D eigenvalue weighted by molar-refractivity contribution is 7.10. The maximum Gasteiger partial charge on any atom is 0.338 e. The van der Waals surface area contributed by atoms with E-state index in [1.165, 1.54) is 39.4 Å². The molecule has 3 aromatic heterocycles. The van der Waals surface area contributed by atoms with Gasteiger partial charge in [0.25, 0.3) is 11.2 Å². The number of hydrogen-bond donors (Lipinski definition) is 0. The summed E-state index contributed by atoms with van der Waals surface area (Å²) in [5.41, 5.74) is 2.00. The summed E-state index contributed by atoms with van der Waals surface area (Å²) in [6, 6.07) is 11.2. The third-order valence-electron chi connectivity index (χ3n) is 5.92. The molecule has 0 saturated heterocycles. The van der Waals surface area contributed by atoms with E-state index in [1.54, 1.807) is 45.0 Å². The third-order valence-corrected chi connectivity index (χ3v) is 7.82. The van der Waals surface area contributed by atoms with Gasteiger partial charge in [-0.1, -0.05) is 17.4 Å². The molecule has 4 aromatic rings. The number of esters is 1. The molecule has 37 heavy (non-hydrogen) atoms. The number of hydrogen-bond acceptors (Lipinski definition) is 9. The van der Waals surface area contributed by atoms with Crippen molar-refractivity contribution >= 4 is 40.4 Å². The van der Waals surface area contributed by atoms with Gasteiger partial charge in [0.05, 0.1) is 27.3 Å². The molecule has 188 valence electrons. The monoisotopic (exact) mass is 535 g/mol. The van der Waals surface area contributed by atoms with Crippen LogP contribution in [0.5, 0.6) is 0 Å². The van der Waals surface area contributed by atoms with E-state index in [1.807, 2.05) is 17.5 Å². The van der Waals surface area contributed by atoms with E-state index in [0.717, 1.165) is 10.4 Å². The Hall–Kier alpha value is -4.09. The van der Waals surface area contributed by atoms with Crippen LogP contribution in [-0.2, 0) is 9.53 Å². The quantitative estimate of drug-likeness (QED) is 0.206. The number of fused-ring (bicyclic) bond motifs is 1. The van der Waals surface area contributed by atoms with Gasteiger partial charge in [0.2, 0.25) is 0 Å². The second-order valence-electron chi connectivity index (χ2n) is 8.28. The summed E-state index contributed by atoms with van der Waals surface area (Å²) in [5, 5.41) is 12.9. The van der Waals surface area contributed by atoms with Crippen molar-refractivity contribution in [3.05, 3.63) is 105 Å². The molecule has 1 aliphatic heterocycles. The number of rotatable bonds is 6. The predicted molar refractivity (Wildman–Crippen MR) is 140 cm³/mol. The van der Waals surface area contributed by atoms with Gasteiger partial charge in [-0.25, -0.2) is 9.79 Å². The smallest absolute Gasteiger partial charge is 0.338 e. The van der Waals surface area contributed by atoms with E-state index in [2.05, 4.69) is 4.99 Å². The van der Waals surface area contributed by atoms with Gasteiger partial charge < -0.3 is 9.15 Å². The lowest BCUT2D eigenvalue weighted by Gasteiger charge is -2.23. The zero-order chi connectivity index (χ0) is 26.3. The molecule has 4 heterocycles. The molecule has 5 rings (SSSR count). The number of thiazole rings is 1. The van der Waals surface area contributed by atoms with Crippen LogP contribution in [0.3, 0.4) is 0 Å². The number of carbonyl (C=O) groups is 1. The summed E-state index contributed by atoms with van der Waals surface area (Å²) in [4.78, 5) is 42.9. The van der Waals surface area contributed by atoms with Crippen molar-refractivity contribution in [3.63, 3.8) is 0 Å². The number of benzene rings is 1. The maximum atomic E-state index is 13.6. The first-order chi connectivity index (χ1) is 17.8. The van der Waals surface area contributed by atoms with Crippen LogP contribution in [0.4, 0.5) is 5.69 Å². The minimum atomic E-state index is -0.632. The first kappa shape index (κ1) is 24.6. The fourth-order valence-corrected chi connectivity index (χ4v) is 6.10. The Labute approximate surface area is 218 Å². The number of carbonyl (C=O) groups excluding carboxylic acids is 1. The highest BCUT2D eigenvalue weighted by atomic mass is 32.1. The lowest BCUT2D eigenvalue weighted by atomic mass is 10.0. The number of aryl methyl sites for hydroxylation is 1. The molecule has 1 aliphatic rings. The summed E-state index contributed by atoms with van der Waals surface area (Å²) in [5.74, 6) is 0.487. The zero-order valence-corrected chi connectivity index (χ0v) is 21.7. The van der Waals surface area contributed by atoms with Crippen LogP contribution in [-0.4, -0.2) is 22.1 Å². The van der Waals surface area contributed by atoms with E-state index in [0.29, 0.717) is 37.7 Å². The van der Waals surface area contributed by atoms with Crippen LogP contribution in [0, 0.1) is 17.0 Å². The fourth-order valence-electron chi connectivity index (χ4n) is 4.25. The molecule has 0 aliphatic carbocycles. The Morgan fingerprint density at radius 3 is 2.76 bits per heavy atom. The van der Waals surface area contributed by atoms with Crippen molar-refractivity contribution in [3.8, 4) is 11.3 Å². The molecule has 0 spiro atoms. The highest BCUT2D eigenvalue weighted by Gasteiger charge is 2.33. The number of nitrogens with zero attached hydrogens (tertiary/aromatic N) is 3. The molecule has 0 fully saturated rings. The topological polar surface area (TPSA) is 117 Å². The Bertz CT molecular complexity index is 1740. The molecule has 0 saturated carbocycles. The molecule has 1 aromatic carbocycles. The highest BCUT2D eigenvalue weighted by Crippen LogP contribution is 2.33. The molecule has 1 atom stereocenters. The average Bonchev–Trinajstić information content (AvgIpc) is 3.60. The largest absolute Gasteiger partial charge is 0.463 e. The second-order valence-corrected chi connectivity index (χ2v) is 10.3. The maximum absolute atomic E-state index is 13.6. The van der Waals surface area contributed by atoms with Crippen molar-refractivity contribution in [2.75, 3.05) is 6.61 Å². The minimum Gasteiger partial charge on any atom is -0.463 e. The van der Waals surface area contributed by atoms with Crippen LogP contribution in [0.1, 0.15) is 36.1 Å². The number of aromatic nitrogens is 1. The lowest BCUT2D eigenvalue weighted by molar-refractivity contribution is -0.384. The molecule has 0 unspecified atom stereocenters. The van der Waals surface area contributed by atoms with Gasteiger partial charge >= 0.3 is 5.97 Å². The summed E-state index contributed by atoms with van der Waals surface area (Å²) >= 11 is 2.67. The van der Waals surface area contributed by atoms with Gasteiger partial charge in [0.15, 0.2) is 4.80 Å². The molecule has 11 heteroatoms. The van der Waals surface area contributed by atoms with Gasteiger partial charge in [0.1, 0.15) is 17.6 Å².